The SMILES string of the molecule is CC(=O)/C(N=Nc1ccc(-n2c(C)nc3ccc(Br)cc3c2=O)cc1)=C(\C)O. The highest BCUT2D eigenvalue weighted by molar-refractivity contribution is 9.10. The van der Waals surface area contributed by atoms with E-state index in [0.29, 0.717) is 28.1 Å². The van der Waals surface area contributed by atoms with Gasteiger partial charge in [-0.3, -0.25) is 14.2 Å². The lowest BCUT2D eigenvalue weighted by atomic mass is 10.2. The van der Waals surface area contributed by atoms with Crippen LogP contribution in [0.25, 0.3) is 16.6 Å². The number of azo groups is 1. The number of halogens is 1. The van der Waals surface area contributed by atoms with Crippen LogP contribution in [0.5, 0.6) is 0 Å². The molecule has 0 unspecified atom stereocenters. The van der Waals surface area contributed by atoms with Gasteiger partial charge in [-0.15, -0.1) is 5.11 Å². The fourth-order valence-corrected chi connectivity index (χ4v) is 3.11. The van der Waals surface area contributed by atoms with Gasteiger partial charge in [-0.1, -0.05) is 15.9 Å². The maximum Gasteiger partial charge on any atom is 0.265 e. The zero-order valence-corrected chi connectivity index (χ0v) is 17.1. The van der Waals surface area contributed by atoms with E-state index in [9.17, 15) is 14.7 Å². The minimum atomic E-state index is -0.379. The number of nitrogens with zero attached hydrogens (tertiary/aromatic N) is 4. The van der Waals surface area contributed by atoms with Crippen molar-refractivity contribution in [2.24, 2.45) is 10.2 Å². The Balaban J connectivity index is 2.02. The summed E-state index contributed by atoms with van der Waals surface area (Å²) in [5, 5.41) is 17.8. The Hall–Kier alpha value is -3.13. The molecule has 0 aliphatic rings. The topological polar surface area (TPSA) is 96.9 Å². The van der Waals surface area contributed by atoms with Gasteiger partial charge in [0.2, 0.25) is 0 Å². The summed E-state index contributed by atoms with van der Waals surface area (Å²) in [4.78, 5) is 28.9. The van der Waals surface area contributed by atoms with E-state index in [1.807, 2.05) is 6.07 Å². The van der Waals surface area contributed by atoms with Gasteiger partial charge < -0.3 is 5.11 Å². The molecule has 1 aromatic heterocycles. The van der Waals surface area contributed by atoms with E-state index >= 15 is 0 Å². The molecule has 0 atom stereocenters. The highest BCUT2D eigenvalue weighted by Gasteiger charge is 2.11. The second kappa shape index (κ2) is 7.85. The van der Waals surface area contributed by atoms with Crippen LogP contribution in [0.2, 0.25) is 0 Å². The molecule has 3 rings (SSSR count). The fourth-order valence-electron chi connectivity index (χ4n) is 2.75. The van der Waals surface area contributed by atoms with Crippen molar-refractivity contribution in [2.45, 2.75) is 20.8 Å². The summed E-state index contributed by atoms with van der Waals surface area (Å²) in [5.41, 5.74) is 1.48. The molecule has 0 aliphatic heterocycles. The fraction of sp³-hybridized carbons (Fsp3) is 0.150. The molecule has 28 heavy (non-hydrogen) atoms. The third-order valence-corrected chi connectivity index (χ3v) is 4.54. The molecular formula is C20H17BrN4O3. The number of Topliss-reactive ketones (excluding diaryl/α,β-unsaturated/α-hetero) is 1. The van der Waals surface area contributed by atoms with Gasteiger partial charge >= 0.3 is 0 Å². The first-order valence-corrected chi connectivity index (χ1v) is 9.19. The lowest BCUT2D eigenvalue weighted by Gasteiger charge is -2.11. The van der Waals surface area contributed by atoms with Crippen LogP contribution in [0.4, 0.5) is 5.69 Å². The van der Waals surface area contributed by atoms with Gasteiger partial charge in [0.1, 0.15) is 11.6 Å². The van der Waals surface area contributed by atoms with E-state index in [1.54, 1.807) is 43.3 Å². The monoisotopic (exact) mass is 440 g/mol. The lowest BCUT2D eigenvalue weighted by Crippen LogP contribution is -2.22. The summed E-state index contributed by atoms with van der Waals surface area (Å²) in [5.74, 6) is -0.00806. The van der Waals surface area contributed by atoms with Crippen molar-refractivity contribution in [2.75, 3.05) is 0 Å². The number of aliphatic hydroxyl groups is 1. The molecule has 8 heteroatoms. The first-order valence-electron chi connectivity index (χ1n) is 8.40. The second-order valence-electron chi connectivity index (χ2n) is 6.17. The van der Waals surface area contributed by atoms with Crippen molar-refractivity contribution in [3.05, 3.63) is 74.6 Å². The van der Waals surface area contributed by atoms with E-state index in [0.717, 1.165) is 4.47 Å². The Bertz CT molecular complexity index is 1190. The van der Waals surface area contributed by atoms with Crippen molar-refractivity contribution >= 4 is 38.3 Å². The highest BCUT2D eigenvalue weighted by Crippen LogP contribution is 2.20. The van der Waals surface area contributed by atoms with Crippen LogP contribution in [0, 0.1) is 6.92 Å². The number of benzene rings is 2. The van der Waals surface area contributed by atoms with Crippen LogP contribution in [-0.2, 0) is 4.79 Å². The number of carbonyl (C=O) groups excluding carboxylic acids is 1. The number of rotatable bonds is 4. The third-order valence-electron chi connectivity index (χ3n) is 4.05. The van der Waals surface area contributed by atoms with Crippen LogP contribution in [0.1, 0.15) is 19.7 Å². The minimum Gasteiger partial charge on any atom is -0.510 e. The second-order valence-corrected chi connectivity index (χ2v) is 7.08. The molecule has 142 valence electrons. The Labute approximate surface area is 169 Å². The quantitative estimate of drug-likeness (QED) is 0.353. The molecule has 0 radical (unpaired) electrons. The molecule has 7 nitrogen and oxygen atoms in total. The van der Waals surface area contributed by atoms with Crippen LogP contribution < -0.4 is 5.56 Å². The highest BCUT2D eigenvalue weighted by atomic mass is 79.9. The predicted octanol–water partition coefficient (Wildman–Crippen LogP) is 4.92. The summed E-state index contributed by atoms with van der Waals surface area (Å²) in [6.07, 6.45) is 0. The number of allylic oxidation sites excluding steroid dienone is 2. The van der Waals surface area contributed by atoms with Crippen LogP contribution in [0.3, 0.4) is 0 Å². The Morgan fingerprint density at radius 3 is 2.43 bits per heavy atom. The summed E-state index contributed by atoms with van der Waals surface area (Å²) in [6, 6.07) is 12.2. The number of hydrogen-bond acceptors (Lipinski definition) is 6. The Morgan fingerprint density at radius 1 is 1.14 bits per heavy atom. The van der Waals surface area contributed by atoms with E-state index < -0.39 is 0 Å². The van der Waals surface area contributed by atoms with E-state index in [1.165, 1.54) is 18.4 Å². The molecule has 1 N–H and O–H groups in total. The van der Waals surface area contributed by atoms with Gasteiger partial charge in [0.05, 0.1) is 22.3 Å². The molecule has 0 spiro atoms. The van der Waals surface area contributed by atoms with Gasteiger partial charge in [-0.2, -0.15) is 5.11 Å². The van der Waals surface area contributed by atoms with E-state index in [-0.39, 0.29) is 22.8 Å². The number of aromatic nitrogens is 2. The van der Waals surface area contributed by atoms with Crippen molar-refractivity contribution in [1.82, 2.24) is 9.55 Å². The number of carbonyl (C=O) groups is 1. The Kier molecular flexibility index (Phi) is 5.51. The number of aryl methyl sites for hydroxylation is 1. The average molecular weight is 441 g/mol. The first-order chi connectivity index (χ1) is 13.3. The number of ketones is 1. The number of hydrogen-bond donors (Lipinski definition) is 1. The predicted molar refractivity (Wildman–Crippen MR) is 110 cm³/mol. The first kappa shape index (κ1) is 19.6. The van der Waals surface area contributed by atoms with Crippen molar-refractivity contribution in [3.63, 3.8) is 0 Å². The standard InChI is InChI=1S/C20H17BrN4O3/c1-11(26)19(12(2)27)24-23-15-5-7-16(8-6-15)25-13(3)22-18-9-4-14(21)10-17(18)20(25)28/h4-10,26H,1-3H3/b19-11-,24-23?. The van der Waals surface area contributed by atoms with Gasteiger partial charge in [0, 0.05) is 11.4 Å². The molecular weight excluding hydrogens is 424 g/mol. The Morgan fingerprint density at radius 2 is 1.82 bits per heavy atom. The minimum absolute atomic E-state index is 0.0968. The number of fused-ring (bicyclic) bond motifs is 1. The zero-order valence-electron chi connectivity index (χ0n) is 15.5. The molecule has 0 saturated carbocycles. The molecule has 0 saturated heterocycles. The molecule has 0 fully saturated rings. The number of aliphatic hydroxyl groups excluding tert-OH is 1. The van der Waals surface area contributed by atoms with Gasteiger partial charge in [0.15, 0.2) is 11.5 Å². The van der Waals surface area contributed by atoms with Gasteiger partial charge in [0.25, 0.3) is 5.56 Å². The van der Waals surface area contributed by atoms with Crippen molar-refractivity contribution < 1.29 is 9.90 Å². The molecule has 0 aliphatic carbocycles. The molecule has 2 aromatic carbocycles. The van der Waals surface area contributed by atoms with Crippen LogP contribution in [0.15, 0.2) is 73.4 Å². The van der Waals surface area contributed by atoms with Crippen LogP contribution >= 0.6 is 15.9 Å². The third kappa shape index (κ3) is 3.91. The van der Waals surface area contributed by atoms with Crippen molar-refractivity contribution in [3.8, 4) is 5.69 Å². The molecule has 1 heterocycles. The lowest BCUT2D eigenvalue weighted by molar-refractivity contribution is -0.113. The normalized spacial score (nSPS) is 12.4. The van der Waals surface area contributed by atoms with Gasteiger partial charge in [-0.05, 0) is 56.3 Å². The van der Waals surface area contributed by atoms with Crippen molar-refractivity contribution in [1.29, 1.82) is 0 Å². The van der Waals surface area contributed by atoms with Crippen LogP contribution in [-0.4, -0.2) is 20.4 Å². The van der Waals surface area contributed by atoms with E-state index in [4.69, 9.17) is 0 Å². The zero-order chi connectivity index (χ0) is 20.4. The molecule has 0 bridgehead atoms. The summed E-state index contributed by atoms with van der Waals surface area (Å²) in [6.45, 7) is 4.45. The van der Waals surface area contributed by atoms with E-state index in [2.05, 4.69) is 31.1 Å². The summed E-state index contributed by atoms with van der Waals surface area (Å²) in [7, 11) is 0. The maximum absolute atomic E-state index is 12.9. The largest absolute Gasteiger partial charge is 0.510 e. The molecule has 3 aromatic rings. The maximum atomic E-state index is 12.9. The molecule has 0 amide bonds. The van der Waals surface area contributed by atoms with Gasteiger partial charge in [-0.25, -0.2) is 4.98 Å². The summed E-state index contributed by atoms with van der Waals surface area (Å²) >= 11 is 3.38. The summed E-state index contributed by atoms with van der Waals surface area (Å²) < 4.78 is 2.33. The average Bonchev–Trinajstić information content (AvgIpc) is 2.63. The smallest absolute Gasteiger partial charge is 0.265 e.